The number of carbonyl (C=O) groups is 2. The monoisotopic (exact) mass is 512 g/mol. The van der Waals surface area contributed by atoms with Gasteiger partial charge in [-0.15, -0.1) is 0 Å². The molecule has 1 aliphatic heterocycles. The van der Waals surface area contributed by atoms with E-state index < -0.39 is 14.7 Å². The van der Waals surface area contributed by atoms with Crippen molar-refractivity contribution < 1.29 is 23.9 Å². The minimum Gasteiger partial charge on any atom is -0.328 e. The summed E-state index contributed by atoms with van der Waals surface area (Å²) in [5, 5.41) is 3.37. The van der Waals surface area contributed by atoms with Crippen LogP contribution in [-0.4, -0.2) is 28.1 Å². The Hall–Kier alpha value is -2.80. The topological polar surface area (TPSA) is 99.1 Å². The van der Waals surface area contributed by atoms with Gasteiger partial charge in [-0.05, 0) is 80.3 Å². The van der Waals surface area contributed by atoms with Gasteiger partial charge in [0.1, 0.15) is 0 Å². The molecule has 182 valence electrons. The Labute approximate surface area is 210 Å². The minimum absolute atomic E-state index is 0.196. The smallest absolute Gasteiger partial charge is 0.327 e. The van der Waals surface area contributed by atoms with Gasteiger partial charge in [-0.2, -0.15) is 0 Å². The highest BCUT2D eigenvalue weighted by Crippen LogP contribution is 2.43. The third-order valence-corrected chi connectivity index (χ3v) is 6.72. The van der Waals surface area contributed by atoms with Crippen molar-refractivity contribution in [2.24, 2.45) is 0 Å². The molecule has 0 fully saturated rings. The van der Waals surface area contributed by atoms with Crippen LogP contribution in [0.15, 0.2) is 60.7 Å². The molecular weight excluding hydrogens is 487 g/mol. The van der Waals surface area contributed by atoms with Crippen LogP contribution in [0.1, 0.15) is 56.4 Å². The first-order chi connectivity index (χ1) is 16.7. The largest absolute Gasteiger partial charge is 0.328 e. The van der Waals surface area contributed by atoms with Gasteiger partial charge in [0.25, 0.3) is 11.8 Å². The Bertz CT molecular complexity index is 1270. The maximum atomic E-state index is 13.6. The van der Waals surface area contributed by atoms with Crippen LogP contribution in [0, 0.1) is 13.8 Å². The zero-order valence-electron chi connectivity index (χ0n) is 19.4. The Morgan fingerprint density at radius 2 is 1.80 bits per heavy atom. The lowest BCUT2D eigenvalue weighted by molar-refractivity contribution is 0.0984. The highest BCUT2D eigenvalue weighted by atomic mass is 35.5. The highest BCUT2D eigenvalue weighted by molar-refractivity contribution is 7.39. The van der Waals surface area contributed by atoms with Gasteiger partial charge in [0, 0.05) is 39.6 Å². The van der Waals surface area contributed by atoms with Crippen molar-refractivity contribution >= 4 is 43.4 Å². The van der Waals surface area contributed by atoms with Crippen molar-refractivity contribution in [3.8, 4) is 0 Å². The van der Waals surface area contributed by atoms with E-state index in [1.807, 2.05) is 32.0 Å². The molecule has 7 nitrogen and oxygen atoms in total. The normalized spacial score (nSPS) is 15.5. The number of anilines is 2. The van der Waals surface area contributed by atoms with E-state index in [1.54, 1.807) is 47.4 Å². The summed E-state index contributed by atoms with van der Waals surface area (Å²) in [5.41, 5.74) is 4.56. The first-order valence-corrected chi connectivity index (χ1v) is 12.7. The van der Waals surface area contributed by atoms with Crippen LogP contribution < -0.4 is 10.2 Å². The molecular formula is C26H26ClN2O5P. The maximum absolute atomic E-state index is 13.6. The van der Waals surface area contributed by atoms with Gasteiger partial charge >= 0.3 is 8.60 Å². The lowest BCUT2D eigenvalue weighted by Gasteiger charge is -2.25. The van der Waals surface area contributed by atoms with Crippen LogP contribution >= 0.6 is 20.2 Å². The van der Waals surface area contributed by atoms with Crippen LogP contribution in [0.5, 0.6) is 0 Å². The molecule has 0 saturated carbocycles. The van der Waals surface area contributed by atoms with Gasteiger partial charge in [0.2, 0.25) is 0 Å². The molecule has 0 radical (unpaired) electrons. The molecule has 0 aromatic heterocycles. The van der Waals surface area contributed by atoms with Gasteiger partial charge in [-0.25, -0.2) is 0 Å². The summed E-state index contributed by atoms with van der Waals surface area (Å²) in [5.74, 6) is -0.405. The van der Waals surface area contributed by atoms with Gasteiger partial charge in [-0.3, -0.25) is 9.59 Å². The van der Waals surface area contributed by atoms with E-state index in [0.717, 1.165) is 11.1 Å². The molecule has 3 aromatic carbocycles. The van der Waals surface area contributed by atoms with Crippen molar-refractivity contribution in [1.82, 2.24) is 0 Å². The summed E-state index contributed by atoms with van der Waals surface area (Å²) in [6, 6.07) is 17.7. The standard InChI is InChI=1S/C26H26ClN2O5P/c1-16-6-3-4-7-20(16)25(30)28-19-10-11-21(17(2)14-19)26(31)29-13-5-8-24(34-35(32)33)22-15-18(27)9-12-23(22)29/h3-4,6-7,9-12,14-15,24,32-33H,5,8,13H2,1-2H3,(H,28,30). The summed E-state index contributed by atoms with van der Waals surface area (Å²) in [6.07, 6.45) is 0.540. The fourth-order valence-corrected chi connectivity index (χ4v) is 4.95. The summed E-state index contributed by atoms with van der Waals surface area (Å²) in [7, 11) is -2.56. The van der Waals surface area contributed by atoms with E-state index >= 15 is 0 Å². The molecule has 1 aliphatic rings. The predicted octanol–water partition coefficient (Wildman–Crippen LogP) is 5.92. The lowest BCUT2D eigenvalue weighted by atomic mass is 10.0. The van der Waals surface area contributed by atoms with Crippen molar-refractivity contribution in [1.29, 1.82) is 0 Å². The van der Waals surface area contributed by atoms with Crippen LogP contribution in [0.3, 0.4) is 0 Å². The van der Waals surface area contributed by atoms with E-state index in [0.29, 0.717) is 52.5 Å². The molecule has 3 N–H and O–H groups in total. The van der Waals surface area contributed by atoms with Crippen LogP contribution in [-0.2, 0) is 4.52 Å². The Balaban J connectivity index is 1.60. The quantitative estimate of drug-likeness (QED) is 0.369. The molecule has 1 heterocycles. The molecule has 3 aromatic rings. The van der Waals surface area contributed by atoms with Gasteiger partial charge in [0.15, 0.2) is 0 Å². The lowest BCUT2D eigenvalue weighted by Crippen LogP contribution is -2.32. The van der Waals surface area contributed by atoms with Crippen molar-refractivity contribution in [2.45, 2.75) is 32.8 Å². The molecule has 2 amide bonds. The second-order valence-corrected chi connectivity index (χ2v) is 9.60. The SMILES string of the molecule is Cc1ccccc1C(=O)Nc1ccc(C(=O)N2CCCC(OP(O)O)c3cc(Cl)ccc32)c(C)c1. The Kier molecular flexibility index (Phi) is 7.85. The molecule has 1 atom stereocenters. The highest BCUT2D eigenvalue weighted by Gasteiger charge is 2.30. The third kappa shape index (κ3) is 5.72. The zero-order chi connectivity index (χ0) is 25.1. The van der Waals surface area contributed by atoms with Crippen molar-refractivity contribution in [3.05, 3.63) is 93.5 Å². The number of hydrogen-bond acceptors (Lipinski definition) is 5. The summed E-state index contributed by atoms with van der Waals surface area (Å²) in [4.78, 5) is 46.8. The molecule has 0 spiro atoms. The maximum Gasteiger partial charge on any atom is 0.327 e. The molecule has 4 rings (SSSR count). The third-order valence-electron chi connectivity index (χ3n) is 6.05. The van der Waals surface area contributed by atoms with Gasteiger partial charge < -0.3 is 24.5 Å². The average molecular weight is 513 g/mol. The predicted molar refractivity (Wildman–Crippen MR) is 138 cm³/mol. The summed E-state index contributed by atoms with van der Waals surface area (Å²) < 4.78 is 5.35. The van der Waals surface area contributed by atoms with Crippen LogP contribution in [0.4, 0.5) is 11.4 Å². The fraction of sp³-hybridized carbons (Fsp3) is 0.231. The van der Waals surface area contributed by atoms with Gasteiger partial charge in [0.05, 0.1) is 6.10 Å². The number of benzene rings is 3. The molecule has 35 heavy (non-hydrogen) atoms. The first-order valence-electron chi connectivity index (χ1n) is 11.2. The van der Waals surface area contributed by atoms with E-state index in [1.165, 1.54) is 0 Å². The number of aryl methyl sites for hydroxylation is 2. The Morgan fingerprint density at radius 1 is 1.03 bits per heavy atom. The van der Waals surface area contributed by atoms with E-state index in [9.17, 15) is 19.4 Å². The summed E-state index contributed by atoms with van der Waals surface area (Å²) in [6.45, 7) is 4.15. The second-order valence-electron chi connectivity index (χ2n) is 8.45. The Morgan fingerprint density at radius 3 is 2.51 bits per heavy atom. The number of hydrogen-bond donors (Lipinski definition) is 3. The second kappa shape index (κ2) is 10.9. The van der Waals surface area contributed by atoms with Crippen molar-refractivity contribution in [3.63, 3.8) is 0 Å². The number of carbonyl (C=O) groups excluding carboxylic acids is 2. The minimum atomic E-state index is -2.56. The molecule has 0 aliphatic carbocycles. The van der Waals surface area contributed by atoms with Gasteiger partial charge in [-0.1, -0.05) is 29.8 Å². The number of amides is 2. The number of halogens is 1. The average Bonchev–Trinajstić information content (AvgIpc) is 2.98. The number of fused-ring (bicyclic) bond motifs is 1. The van der Waals surface area contributed by atoms with Crippen molar-refractivity contribution in [2.75, 3.05) is 16.8 Å². The van der Waals surface area contributed by atoms with Crippen LogP contribution in [0.2, 0.25) is 5.02 Å². The zero-order valence-corrected chi connectivity index (χ0v) is 21.0. The molecule has 9 heteroatoms. The molecule has 1 unspecified atom stereocenters. The molecule has 0 saturated heterocycles. The van der Waals surface area contributed by atoms with E-state index in [2.05, 4.69) is 5.32 Å². The number of rotatable bonds is 5. The summed E-state index contributed by atoms with van der Waals surface area (Å²) >= 11 is 6.20. The first kappa shape index (κ1) is 25.3. The fourth-order valence-electron chi connectivity index (χ4n) is 4.33. The van der Waals surface area contributed by atoms with E-state index in [4.69, 9.17) is 16.1 Å². The van der Waals surface area contributed by atoms with Crippen LogP contribution in [0.25, 0.3) is 0 Å². The van der Waals surface area contributed by atoms with E-state index in [-0.39, 0.29) is 11.8 Å². The molecule has 0 bridgehead atoms. The number of nitrogens with zero attached hydrogens (tertiary/aromatic N) is 1. The number of nitrogens with one attached hydrogen (secondary N) is 1.